The monoisotopic (exact) mass is 228 g/mol. The summed E-state index contributed by atoms with van der Waals surface area (Å²) in [5.41, 5.74) is 0. The molecule has 0 aromatic carbocycles. The van der Waals surface area contributed by atoms with Crippen molar-refractivity contribution >= 4 is 5.91 Å². The second-order valence-electron chi connectivity index (χ2n) is 4.69. The molecule has 92 valence electrons. The van der Waals surface area contributed by atoms with Crippen LogP contribution in [-0.4, -0.2) is 58.9 Å². The highest BCUT2D eigenvalue weighted by atomic mass is 16.3. The van der Waals surface area contributed by atoms with Crippen molar-refractivity contribution in [1.29, 1.82) is 0 Å². The van der Waals surface area contributed by atoms with E-state index in [0.29, 0.717) is 25.6 Å². The maximum atomic E-state index is 12.2. The largest absolute Gasteiger partial charge is 0.395 e. The van der Waals surface area contributed by atoms with Crippen LogP contribution in [0.3, 0.4) is 0 Å². The van der Waals surface area contributed by atoms with Gasteiger partial charge in [0.25, 0.3) is 0 Å². The molecule has 0 aromatic heterocycles. The summed E-state index contributed by atoms with van der Waals surface area (Å²) in [4.78, 5) is 13.9. The predicted molar refractivity (Wildman–Crippen MR) is 58.9 cm³/mol. The number of hydrogen-bond acceptors (Lipinski definition) is 4. The van der Waals surface area contributed by atoms with Gasteiger partial charge in [0.05, 0.1) is 18.8 Å². The van der Waals surface area contributed by atoms with Crippen LogP contribution in [0.25, 0.3) is 0 Å². The van der Waals surface area contributed by atoms with Crippen molar-refractivity contribution in [2.24, 2.45) is 0 Å². The lowest BCUT2D eigenvalue weighted by atomic mass is 9.91. The SMILES string of the molecule is O=C(C1CC(O)CN1)N(CCO)C1CCC1. The average Bonchev–Trinajstić information content (AvgIpc) is 2.60. The van der Waals surface area contributed by atoms with Crippen molar-refractivity contribution < 1.29 is 15.0 Å². The fourth-order valence-electron chi connectivity index (χ4n) is 2.38. The molecule has 5 heteroatoms. The van der Waals surface area contributed by atoms with E-state index in [2.05, 4.69) is 5.32 Å². The fraction of sp³-hybridized carbons (Fsp3) is 0.909. The van der Waals surface area contributed by atoms with Crippen LogP contribution in [0.2, 0.25) is 0 Å². The summed E-state index contributed by atoms with van der Waals surface area (Å²) in [7, 11) is 0. The molecule has 1 amide bonds. The summed E-state index contributed by atoms with van der Waals surface area (Å²) in [6, 6.07) is 0.0429. The number of nitrogens with zero attached hydrogens (tertiary/aromatic N) is 1. The molecule has 5 nitrogen and oxygen atoms in total. The van der Waals surface area contributed by atoms with Gasteiger partial charge in [0.2, 0.25) is 5.91 Å². The zero-order valence-corrected chi connectivity index (χ0v) is 9.43. The Morgan fingerprint density at radius 2 is 2.19 bits per heavy atom. The fourth-order valence-corrected chi connectivity index (χ4v) is 2.38. The van der Waals surface area contributed by atoms with E-state index in [1.807, 2.05) is 0 Å². The summed E-state index contributed by atoms with van der Waals surface area (Å²) in [6.45, 7) is 0.920. The molecule has 2 aliphatic rings. The van der Waals surface area contributed by atoms with E-state index in [0.717, 1.165) is 12.8 Å². The second-order valence-corrected chi connectivity index (χ2v) is 4.69. The second kappa shape index (κ2) is 5.12. The highest BCUT2D eigenvalue weighted by Crippen LogP contribution is 2.26. The third-order valence-corrected chi connectivity index (χ3v) is 3.55. The van der Waals surface area contributed by atoms with Crippen LogP contribution < -0.4 is 5.32 Å². The third-order valence-electron chi connectivity index (χ3n) is 3.55. The van der Waals surface area contributed by atoms with Gasteiger partial charge in [-0.25, -0.2) is 0 Å². The predicted octanol–water partition coefficient (Wildman–Crippen LogP) is -0.917. The van der Waals surface area contributed by atoms with E-state index in [9.17, 15) is 9.90 Å². The maximum absolute atomic E-state index is 12.2. The van der Waals surface area contributed by atoms with Gasteiger partial charge in [-0.1, -0.05) is 0 Å². The lowest BCUT2D eigenvalue weighted by Crippen LogP contribution is -2.51. The van der Waals surface area contributed by atoms with Gasteiger partial charge in [-0.3, -0.25) is 4.79 Å². The van der Waals surface area contributed by atoms with Crippen molar-refractivity contribution in [3.8, 4) is 0 Å². The number of hydrogen-bond donors (Lipinski definition) is 3. The average molecular weight is 228 g/mol. The Morgan fingerprint density at radius 3 is 2.62 bits per heavy atom. The zero-order valence-electron chi connectivity index (χ0n) is 9.43. The Balaban J connectivity index is 1.93. The molecule has 2 rings (SSSR count). The molecular formula is C11H20N2O3. The summed E-state index contributed by atoms with van der Waals surface area (Å²) in [6.07, 6.45) is 3.34. The standard InChI is InChI=1S/C11H20N2O3/c14-5-4-13(8-2-1-3-8)11(16)10-6-9(15)7-12-10/h8-10,12,14-15H,1-7H2. The number of β-amino-alcohol motifs (C(OH)–C–C–N with tert-alkyl or cyclic N) is 1. The van der Waals surface area contributed by atoms with Crippen molar-refractivity contribution in [2.45, 2.75) is 43.9 Å². The Bertz CT molecular complexity index is 256. The molecule has 0 aromatic rings. The molecule has 0 radical (unpaired) electrons. The number of amides is 1. The van der Waals surface area contributed by atoms with Crippen molar-refractivity contribution in [2.75, 3.05) is 19.7 Å². The first-order valence-corrected chi connectivity index (χ1v) is 6.05. The van der Waals surface area contributed by atoms with Crippen LogP contribution in [0, 0.1) is 0 Å². The number of aliphatic hydroxyl groups is 2. The molecule has 3 N–H and O–H groups in total. The van der Waals surface area contributed by atoms with Gasteiger partial charge < -0.3 is 20.4 Å². The van der Waals surface area contributed by atoms with Crippen molar-refractivity contribution in [3.63, 3.8) is 0 Å². The molecule has 1 aliphatic carbocycles. The van der Waals surface area contributed by atoms with Crippen LogP contribution in [0.4, 0.5) is 0 Å². The molecule has 2 atom stereocenters. The highest BCUT2D eigenvalue weighted by molar-refractivity contribution is 5.82. The first-order chi connectivity index (χ1) is 7.72. The molecule has 0 bridgehead atoms. The molecule has 1 saturated carbocycles. The summed E-state index contributed by atoms with van der Waals surface area (Å²) in [5, 5.41) is 21.4. The highest BCUT2D eigenvalue weighted by Gasteiger charge is 2.35. The van der Waals surface area contributed by atoms with E-state index in [-0.39, 0.29) is 18.6 Å². The Morgan fingerprint density at radius 1 is 1.44 bits per heavy atom. The molecule has 1 heterocycles. The maximum Gasteiger partial charge on any atom is 0.240 e. The van der Waals surface area contributed by atoms with E-state index in [1.54, 1.807) is 4.90 Å². The van der Waals surface area contributed by atoms with Gasteiger partial charge in [0.15, 0.2) is 0 Å². The van der Waals surface area contributed by atoms with E-state index in [4.69, 9.17) is 5.11 Å². The van der Waals surface area contributed by atoms with Crippen molar-refractivity contribution in [3.05, 3.63) is 0 Å². The minimum absolute atomic E-state index is 0.0114. The number of aliphatic hydroxyl groups excluding tert-OH is 2. The molecule has 2 unspecified atom stereocenters. The van der Waals surface area contributed by atoms with Crippen LogP contribution in [0.15, 0.2) is 0 Å². The molecule has 1 saturated heterocycles. The first kappa shape index (κ1) is 11.8. The Kier molecular flexibility index (Phi) is 3.78. The summed E-state index contributed by atoms with van der Waals surface area (Å²) >= 11 is 0. The molecule has 2 fully saturated rings. The number of nitrogens with one attached hydrogen (secondary N) is 1. The van der Waals surface area contributed by atoms with Gasteiger partial charge in [0, 0.05) is 19.1 Å². The minimum atomic E-state index is -0.411. The van der Waals surface area contributed by atoms with Crippen LogP contribution in [0.1, 0.15) is 25.7 Å². The van der Waals surface area contributed by atoms with E-state index in [1.165, 1.54) is 6.42 Å². The lowest BCUT2D eigenvalue weighted by Gasteiger charge is -2.38. The summed E-state index contributed by atoms with van der Waals surface area (Å²) in [5.74, 6) is 0.0373. The quantitative estimate of drug-likeness (QED) is 0.582. The van der Waals surface area contributed by atoms with Gasteiger partial charge in [-0.15, -0.1) is 0 Å². The third kappa shape index (κ3) is 2.36. The smallest absolute Gasteiger partial charge is 0.240 e. The number of carbonyl (C=O) groups is 1. The molecular weight excluding hydrogens is 208 g/mol. The molecule has 16 heavy (non-hydrogen) atoms. The van der Waals surface area contributed by atoms with Gasteiger partial charge >= 0.3 is 0 Å². The van der Waals surface area contributed by atoms with Crippen LogP contribution >= 0.6 is 0 Å². The van der Waals surface area contributed by atoms with Gasteiger partial charge in [0.1, 0.15) is 0 Å². The molecule has 1 aliphatic heterocycles. The number of rotatable bonds is 4. The summed E-state index contributed by atoms with van der Waals surface area (Å²) < 4.78 is 0. The first-order valence-electron chi connectivity index (χ1n) is 6.05. The Labute approximate surface area is 95.4 Å². The molecule has 0 spiro atoms. The van der Waals surface area contributed by atoms with Gasteiger partial charge in [-0.2, -0.15) is 0 Å². The van der Waals surface area contributed by atoms with Crippen molar-refractivity contribution in [1.82, 2.24) is 10.2 Å². The van der Waals surface area contributed by atoms with Crippen LogP contribution in [-0.2, 0) is 4.79 Å². The topological polar surface area (TPSA) is 72.8 Å². The van der Waals surface area contributed by atoms with Crippen LogP contribution in [0.5, 0.6) is 0 Å². The minimum Gasteiger partial charge on any atom is -0.395 e. The van der Waals surface area contributed by atoms with E-state index < -0.39 is 6.10 Å². The zero-order chi connectivity index (χ0) is 11.5. The van der Waals surface area contributed by atoms with E-state index >= 15 is 0 Å². The van der Waals surface area contributed by atoms with Gasteiger partial charge in [-0.05, 0) is 25.7 Å². The lowest BCUT2D eigenvalue weighted by molar-refractivity contribution is -0.138. The number of carbonyl (C=O) groups excluding carboxylic acids is 1. The normalized spacial score (nSPS) is 30.1. The Hall–Kier alpha value is -0.650.